The first-order chi connectivity index (χ1) is 14.7. The van der Waals surface area contributed by atoms with Gasteiger partial charge in [0.1, 0.15) is 5.82 Å². The van der Waals surface area contributed by atoms with Crippen LogP contribution < -0.4 is 0 Å². The van der Waals surface area contributed by atoms with E-state index in [2.05, 4.69) is 11.1 Å². The maximum atomic E-state index is 13.6. The lowest BCUT2D eigenvalue weighted by Crippen LogP contribution is -2.30. The summed E-state index contributed by atoms with van der Waals surface area (Å²) in [4.78, 5) is 18.7. The molecule has 1 aromatic heterocycles. The Labute approximate surface area is 179 Å². The second-order valence-electron chi connectivity index (χ2n) is 7.50. The second-order valence-corrected chi connectivity index (χ2v) is 7.87. The van der Waals surface area contributed by atoms with Crippen molar-refractivity contribution in [1.29, 1.82) is 0 Å². The zero-order chi connectivity index (χ0) is 20.7. The highest BCUT2D eigenvalue weighted by molar-refractivity contribution is 6.17. The van der Waals surface area contributed by atoms with Gasteiger partial charge in [0, 0.05) is 34.5 Å². The molecule has 0 saturated carbocycles. The monoisotopic (exact) mass is 418 g/mol. The molecule has 1 N–H and O–H groups in total. The third kappa shape index (κ3) is 2.99. The van der Waals surface area contributed by atoms with E-state index in [0.29, 0.717) is 18.8 Å². The Bertz CT molecular complexity index is 1230. The Kier molecular flexibility index (Phi) is 4.80. The topological polar surface area (TPSA) is 36.1 Å². The van der Waals surface area contributed by atoms with Gasteiger partial charge in [0.15, 0.2) is 0 Å². The smallest absolute Gasteiger partial charge is 0.255 e. The summed E-state index contributed by atoms with van der Waals surface area (Å²) in [6.07, 6.45) is 0.714. The van der Waals surface area contributed by atoms with E-state index in [-0.39, 0.29) is 17.8 Å². The van der Waals surface area contributed by atoms with Crippen molar-refractivity contribution in [3.63, 3.8) is 0 Å². The molecule has 0 saturated heterocycles. The van der Waals surface area contributed by atoms with E-state index in [1.807, 2.05) is 47.4 Å². The van der Waals surface area contributed by atoms with Crippen LogP contribution in [0, 0.1) is 5.82 Å². The number of hydrogen-bond donors (Lipinski definition) is 1. The summed E-state index contributed by atoms with van der Waals surface area (Å²) in [5.41, 5.74) is 5.53. The molecule has 3 nitrogen and oxygen atoms in total. The second kappa shape index (κ2) is 7.62. The Morgan fingerprint density at radius 2 is 1.70 bits per heavy atom. The summed E-state index contributed by atoms with van der Waals surface area (Å²) in [7, 11) is 0. The minimum absolute atomic E-state index is 0.0241. The fraction of sp³-hybridized carbons (Fsp3) is 0.160. The van der Waals surface area contributed by atoms with Crippen molar-refractivity contribution < 1.29 is 9.18 Å². The molecule has 2 heterocycles. The average molecular weight is 419 g/mol. The van der Waals surface area contributed by atoms with E-state index in [9.17, 15) is 9.18 Å². The number of halogens is 2. The number of aromatic nitrogens is 1. The molecule has 0 fully saturated rings. The summed E-state index contributed by atoms with van der Waals surface area (Å²) in [5.74, 6) is 0.239. The van der Waals surface area contributed by atoms with Crippen LogP contribution in [0.4, 0.5) is 4.39 Å². The first kappa shape index (κ1) is 18.9. The lowest BCUT2D eigenvalue weighted by Gasteiger charge is -2.26. The molecule has 1 unspecified atom stereocenters. The van der Waals surface area contributed by atoms with Crippen LogP contribution in [-0.4, -0.2) is 28.2 Å². The first-order valence-electron chi connectivity index (χ1n) is 10.0. The quantitative estimate of drug-likeness (QED) is 0.388. The molecule has 1 atom stereocenters. The summed E-state index contributed by atoms with van der Waals surface area (Å²) in [5, 5.41) is 1.06. The van der Waals surface area contributed by atoms with Crippen LogP contribution in [0.3, 0.4) is 0 Å². The van der Waals surface area contributed by atoms with Gasteiger partial charge in [0.25, 0.3) is 5.91 Å². The van der Waals surface area contributed by atoms with Gasteiger partial charge in [-0.25, -0.2) is 4.39 Å². The summed E-state index contributed by atoms with van der Waals surface area (Å²) in [6, 6.07) is 22.1. The highest BCUT2D eigenvalue weighted by Gasteiger charge is 2.39. The standard InChI is InChI=1S/C25H20ClFN2O/c26-14-5-15-29-24(18-6-1-2-7-19(18)25(29)30)22-20-8-3-4-9-21(20)28-23(22)16-10-12-17(27)13-11-16/h1-4,6-13,24,28H,5,14-15H2. The summed E-state index contributed by atoms with van der Waals surface area (Å²) < 4.78 is 13.6. The molecule has 5 rings (SSSR count). The Morgan fingerprint density at radius 1 is 0.967 bits per heavy atom. The van der Waals surface area contributed by atoms with Gasteiger partial charge >= 0.3 is 0 Å². The van der Waals surface area contributed by atoms with Gasteiger partial charge in [0.2, 0.25) is 0 Å². The maximum Gasteiger partial charge on any atom is 0.255 e. The van der Waals surface area contributed by atoms with Gasteiger partial charge in [-0.2, -0.15) is 0 Å². The number of benzene rings is 3. The van der Waals surface area contributed by atoms with E-state index < -0.39 is 0 Å². The number of para-hydroxylation sites is 1. The van der Waals surface area contributed by atoms with Gasteiger partial charge in [-0.15, -0.1) is 11.6 Å². The third-order valence-electron chi connectivity index (χ3n) is 5.74. The number of aromatic amines is 1. The van der Waals surface area contributed by atoms with Gasteiger partial charge in [-0.1, -0.05) is 36.4 Å². The molecule has 0 spiro atoms. The zero-order valence-corrected chi connectivity index (χ0v) is 17.0. The molecule has 0 bridgehead atoms. The average Bonchev–Trinajstić information content (AvgIpc) is 3.28. The molecule has 1 amide bonds. The fourth-order valence-corrected chi connectivity index (χ4v) is 4.55. The largest absolute Gasteiger partial charge is 0.354 e. The number of rotatable bonds is 5. The number of amides is 1. The van der Waals surface area contributed by atoms with Crippen molar-refractivity contribution in [1.82, 2.24) is 9.88 Å². The van der Waals surface area contributed by atoms with Crippen LogP contribution in [0.5, 0.6) is 0 Å². The van der Waals surface area contributed by atoms with Gasteiger partial charge in [-0.3, -0.25) is 4.79 Å². The predicted octanol–water partition coefficient (Wildman–Crippen LogP) is 6.15. The van der Waals surface area contributed by atoms with Crippen LogP contribution in [0.15, 0.2) is 72.8 Å². The van der Waals surface area contributed by atoms with Crippen molar-refractivity contribution in [2.24, 2.45) is 0 Å². The number of nitrogens with one attached hydrogen (secondary N) is 1. The number of H-pyrrole nitrogens is 1. The van der Waals surface area contributed by atoms with Crippen molar-refractivity contribution in [2.45, 2.75) is 12.5 Å². The minimum atomic E-state index is -0.276. The molecular weight excluding hydrogens is 399 g/mol. The molecule has 1 aliphatic heterocycles. The molecular formula is C25H20ClFN2O. The van der Waals surface area contributed by atoms with Gasteiger partial charge in [-0.05, 0) is 53.9 Å². The Balaban J connectivity index is 1.77. The normalized spacial score (nSPS) is 15.7. The lowest BCUT2D eigenvalue weighted by atomic mass is 9.93. The zero-order valence-electron chi connectivity index (χ0n) is 16.2. The van der Waals surface area contributed by atoms with E-state index in [0.717, 1.165) is 38.9 Å². The number of nitrogens with zero attached hydrogens (tertiary/aromatic N) is 1. The number of carbonyl (C=O) groups excluding carboxylic acids is 1. The van der Waals surface area contributed by atoms with Crippen LogP contribution >= 0.6 is 11.6 Å². The third-order valence-corrected chi connectivity index (χ3v) is 6.01. The van der Waals surface area contributed by atoms with Crippen molar-refractivity contribution in [3.8, 4) is 11.3 Å². The Morgan fingerprint density at radius 3 is 2.50 bits per heavy atom. The predicted molar refractivity (Wildman–Crippen MR) is 118 cm³/mol. The van der Waals surface area contributed by atoms with Crippen LogP contribution in [0.25, 0.3) is 22.2 Å². The van der Waals surface area contributed by atoms with Crippen LogP contribution in [-0.2, 0) is 0 Å². The van der Waals surface area contributed by atoms with Crippen LogP contribution in [0.1, 0.15) is 33.9 Å². The highest BCUT2D eigenvalue weighted by Crippen LogP contribution is 2.45. The molecule has 0 radical (unpaired) electrons. The van der Waals surface area contributed by atoms with Crippen molar-refractivity contribution >= 4 is 28.4 Å². The summed E-state index contributed by atoms with van der Waals surface area (Å²) in [6.45, 7) is 0.573. The van der Waals surface area contributed by atoms with Crippen molar-refractivity contribution in [3.05, 3.63) is 95.3 Å². The first-order valence-corrected chi connectivity index (χ1v) is 10.5. The van der Waals surface area contributed by atoms with Crippen LogP contribution in [0.2, 0.25) is 0 Å². The number of alkyl halides is 1. The molecule has 30 heavy (non-hydrogen) atoms. The SMILES string of the molecule is O=C1c2ccccc2C(c2c(-c3ccc(F)cc3)[nH]c3ccccc23)N1CCCCl. The summed E-state index contributed by atoms with van der Waals surface area (Å²) >= 11 is 5.97. The van der Waals surface area contributed by atoms with Gasteiger partial charge < -0.3 is 9.88 Å². The Hall–Kier alpha value is -3.11. The minimum Gasteiger partial charge on any atom is -0.354 e. The number of fused-ring (bicyclic) bond motifs is 2. The van der Waals surface area contributed by atoms with Gasteiger partial charge in [0.05, 0.1) is 11.7 Å². The lowest BCUT2D eigenvalue weighted by molar-refractivity contribution is 0.0751. The number of hydrogen-bond acceptors (Lipinski definition) is 1. The molecule has 5 heteroatoms. The molecule has 150 valence electrons. The van der Waals surface area contributed by atoms with E-state index in [1.54, 1.807) is 12.1 Å². The molecule has 1 aliphatic rings. The molecule has 3 aromatic carbocycles. The fourth-order valence-electron chi connectivity index (χ4n) is 4.43. The van der Waals surface area contributed by atoms with E-state index >= 15 is 0 Å². The van der Waals surface area contributed by atoms with Crippen molar-refractivity contribution in [2.75, 3.05) is 12.4 Å². The van der Waals surface area contributed by atoms with E-state index in [4.69, 9.17) is 11.6 Å². The van der Waals surface area contributed by atoms with E-state index in [1.165, 1.54) is 12.1 Å². The maximum absolute atomic E-state index is 13.6. The number of carbonyl (C=O) groups is 1. The molecule has 0 aliphatic carbocycles. The molecule has 4 aromatic rings. The highest BCUT2D eigenvalue weighted by atomic mass is 35.5.